The van der Waals surface area contributed by atoms with Crippen molar-refractivity contribution in [3.05, 3.63) is 39.4 Å². The quantitative estimate of drug-likeness (QED) is 0.340. The standard InChI is InChI=1S/C12H16N2O6/c15-5-7-20-6-4-13-8-9-2-1-3-10(14(18)19)11(9)12(16)17/h1-3,13,15H,4-8H2,(H,16,17). The molecule has 0 radical (unpaired) electrons. The van der Waals surface area contributed by atoms with Crippen LogP contribution >= 0.6 is 0 Å². The van der Waals surface area contributed by atoms with Crippen molar-refractivity contribution in [2.45, 2.75) is 6.54 Å². The fourth-order valence-corrected chi connectivity index (χ4v) is 1.67. The predicted octanol–water partition coefficient (Wildman–Crippen LogP) is 0.391. The molecule has 0 spiro atoms. The molecule has 20 heavy (non-hydrogen) atoms. The molecule has 0 unspecified atom stereocenters. The van der Waals surface area contributed by atoms with Gasteiger partial charge in [0.2, 0.25) is 0 Å². The Kier molecular flexibility index (Phi) is 6.57. The summed E-state index contributed by atoms with van der Waals surface area (Å²) in [7, 11) is 0. The summed E-state index contributed by atoms with van der Waals surface area (Å²) in [6, 6.07) is 4.14. The van der Waals surface area contributed by atoms with Crippen molar-refractivity contribution in [3.8, 4) is 0 Å². The molecule has 0 fully saturated rings. The van der Waals surface area contributed by atoms with Gasteiger partial charge in [0, 0.05) is 19.2 Å². The molecule has 0 aliphatic rings. The molecule has 8 nitrogen and oxygen atoms in total. The van der Waals surface area contributed by atoms with E-state index < -0.39 is 16.6 Å². The molecule has 0 saturated heterocycles. The van der Waals surface area contributed by atoms with Gasteiger partial charge in [-0.2, -0.15) is 0 Å². The van der Waals surface area contributed by atoms with Crippen molar-refractivity contribution in [2.75, 3.05) is 26.4 Å². The first-order valence-corrected chi connectivity index (χ1v) is 5.96. The van der Waals surface area contributed by atoms with E-state index in [-0.39, 0.29) is 25.3 Å². The monoisotopic (exact) mass is 284 g/mol. The molecule has 0 heterocycles. The molecule has 1 rings (SSSR count). The molecule has 0 bridgehead atoms. The first-order valence-electron chi connectivity index (χ1n) is 5.96. The lowest BCUT2D eigenvalue weighted by molar-refractivity contribution is -0.385. The van der Waals surface area contributed by atoms with E-state index in [1.54, 1.807) is 0 Å². The second-order valence-corrected chi connectivity index (χ2v) is 3.89. The Bertz CT molecular complexity index is 477. The van der Waals surface area contributed by atoms with Gasteiger partial charge in [0.25, 0.3) is 5.69 Å². The number of nitrogens with zero attached hydrogens (tertiary/aromatic N) is 1. The number of nitro benzene ring substituents is 1. The zero-order valence-electron chi connectivity index (χ0n) is 10.7. The van der Waals surface area contributed by atoms with Gasteiger partial charge in [0.15, 0.2) is 0 Å². The Balaban J connectivity index is 2.67. The lowest BCUT2D eigenvalue weighted by atomic mass is 10.1. The molecule has 3 N–H and O–H groups in total. The van der Waals surface area contributed by atoms with Crippen LogP contribution in [0, 0.1) is 10.1 Å². The fraction of sp³-hybridized carbons (Fsp3) is 0.417. The van der Waals surface area contributed by atoms with E-state index >= 15 is 0 Å². The summed E-state index contributed by atoms with van der Waals surface area (Å²) in [6.07, 6.45) is 0. The van der Waals surface area contributed by atoms with Crippen LogP contribution < -0.4 is 5.32 Å². The number of ether oxygens (including phenoxy) is 1. The number of aliphatic hydroxyl groups excluding tert-OH is 1. The van der Waals surface area contributed by atoms with Crippen molar-refractivity contribution in [1.82, 2.24) is 5.32 Å². The van der Waals surface area contributed by atoms with Crippen LogP contribution in [0.5, 0.6) is 0 Å². The summed E-state index contributed by atoms with van der Waals surface area (Å²) in [5.41, 5.74) is -0.386. The molecule has 0 aromatic heterocycles. The molecular formula is C12H16N2O6. The van der Waals surface area contributed by atoms with Crippen LogP contribution in [0.4, 0.5) is 5.69 Å². The number of benzene rings is 1. The van der Waals surface area contributed by atoms with Gasteiger partial charge in [-0.15, -0.1) is 0 Å². The maximum absolute atomic E-state index is 11.1. The van der Waals surface area contributed by atoms with Gasteiger partial charge in [-0.1, -0.05) is 12.1 Å². The summed E-state index contributed by atoms with van der Waals surface area (Å²) < 4.78 is 5.02. The highest BCUT2D eigenvalue weighted by atomic mass is 16.6. The number of hydrogen-bond acceptors (Lipinski definition) is 6. The molecule has 1 aromatic rings. The second kappa shape index (κ2) is 8.20. The van der Waals surface area contributed by atoms with Crippen LogP contribution in [0.15, 0.2) is 18.2 Å². The molecule has 110 valence electrons. The van der Waals surface area contributed by atoms with Crippen LogP contribution in [0.3, 0.4) is 0 Å². The number of aliphatic hydroxyl groups is 1. The van der Waals surface area contributed by atoms with Crippen molar-refractivity contribution in [1.29, 1.82) is 0 Å². The third-order valence-corrected chi connectivity index (χ3v) is 2.51. The highest BCUT2D eigenvalue weighted by molar-refractivity contribution is 5.94. The van der Waals surface area contributed by atoms with Crippen LogP contribution in [-0.2, 0) is 11.3 Å². The van der Waals surface area contributed by atoms with Gasteiger partial charge >= 0.3 is 5.97 Å². The molecule has 0 atom stereocenters. The van der Waals surface area contributed by atoms with E-state index in [0.717, 1.165) is 6.07 Å². The van der Waals surface area contributed by atoms with Crippen molar-refractivity contribution >= 4 is 11.7 Å². The average molecular weight is 284 g/mol. The predicted molar refractivity (Wildman–Crippen MR) is 69.7 cm³/mol. The minimum atomic E-state index is -1.33. The number of aromatic carboxylic acids is 1. The van der Waals surface area contributed by atoms with Gasteiger partial charge < -0.3 is 20.3 Å². The van der Waals surface area contributed by atoms with E-state index in [1.165, 1.54) is 12.1 Å². The Labute approximate surface area is 115 Å². The fourth-order valence-electron chi connectivity index (χ4n) is 1.67. The summed E-state index contributed by atoms with van der Waals surface area (Å²) in [6.45, 7) is 1.17. The maximum atomic E-state index is 11.1. The Morgan fingerprint density at radius 1 is 1.40 bits per heavy atom. The number of carboxylic acid groups (broad SMARTS) is 1. The Morgan fingerprint density at radius 3 is 2.75 bits per heavy atom. The number of nitro groups is 1. The topological polar surface area (TPSA) is 122 Å². The van der Waals surface area contributed by atoms with E-state index in [9.17, 15) is 14.9 Å². The van der Waals surface area contributed by atoms with Gasteiger partial charge in [-0.05, 0) is 5.56 Å². The molecule has 0 aliphatic heterocycles. The summed E-state index contributed by atoms with van der Waals surface area (Å²) >= 11 is 0. The number of hydrogen-bond donors (Lipinski definition) is 3. The molecule has 1 aromatic carbocycles. The summed E-state index contributed by atoms with van der Waals surface area (Å²) in [5, 5.41) is 31.3. The second-order valence-electron chi connectivity index (χ2n) is 3.89. The third-order valence-electron chi connectivity index (χ3n) is 2.51. The van der Waals surface area contributed by atoms with Gasteiger partial charge in [-0.25, -0.2) is 4.79 Å². The zero-order valence-corrected chi connectivity index (χ0v) is 10.7. The average Bonchev–Trinajstić information content (AvgIpc) is 2.42. The largest absolute Gasteiger partial charge is 0.477 e. The Hall–Kier alpha value is -2.03. The molecule has 8 heteroatoms. The molecular weight excluding hydrogens is 268 g/mol. The highest BCUT2D eigenvalue weighted by Gasteiger charge is 2.22. The van der Waals surface area contributed by atoms with Crippen molar-refractivity contribution in [3.63, 3.8) is 0 Å². The molecule has 0 aliphatic carbocycles. The minimum absolute atomic E-state index is 0.0615. The maximum Gasteiger partial charge on any atom is 0.343 e. The van der Waals surface area contributed by atoms with E-state index in [4.69, 9.17) is 14.9 Å². The molecule has 0 amide bonds. The van der Waals surface area contributed by atoms with Gasteiger partial charge in [0.05, 0.1) is 24.7 Å². The van der Waals surface area contributed by atoms with Crippen LogP contribution in [0.2, 0.25) is 0 Å². The van der Waals surface area contributed by atoms with E-state index in [0.29, 0.717) is 18.7 Å². The number of nitrogens with one attached hydrogen (secondary N) is 1. The zero-order chi connectivity index (χ0) is 15.0. The first-order chi connectivity index (χ1) is 9.57. The first kappa shape index (κ1) is 16.0. The summed E-state index contributed by atoms with van der Waals surface area (Å²) in [4.78, 5) is 21.2. The van der Waals surface area contributed by atoms with Gasteiger partial charge in [0.1, 0.15) is 5.56 Å². The van der Waals surface area contributed by atoms with Crippen LogP contribution in [0.25, 0.3) is 0 Å². The minimum Gasteiger partial charge on any atom is -0.477 e. The van der Waals surface area contributed by atoms with Crippen molar-refractivity contribution in [2.24, 2.45) is 0 Å². The third kappa shape index (κ3) is 4.57. The Morgan fingerprint density at radius 2 is 2.15 bits per heavy atom. The lowest BCUT2D eigenvalue weighted by Gasteiger charge is -2.08. The SMILES string of the molecule is O=C(O)c1c(CNCCOCCO)cccc1[N+](=O)[O-]. The van der Waals surface area contributed by atoms with E-state index in [2.05, 4.69) is 5.32 Å². The number of carbonyl (C=O) groups is 1. The summed E-state index contributed by atoms with van der Waals surface area (Å²) in [5.74, 6) is -1.33. The lowest BCUT2D eigenvalue weighted by Crippen LogP contribution is -2.21. The normalized spacial score (nSPS) is 10.4. The molecule has 0 saturated carbocycles. The highest BCUT2D eigenvalue weighted by Crippen LogP contribution is 2.22. The van der Waals surface area contributed by atoms with E-state index in [1.807, 2.05) is 0 Å². The number of carboxylic acids is 1. The van der Waals surface area contributed by atoms with Crippen LogP contribution in [0.1, 0.15) is 15.9 Å². The van der Waals surface area contributed by atoms with Gasteiger partial charge in [-0.3, -0.25) is 10.1 Å². The number of rotatable bonds is 9. The smallest absolute Gasteiger partial charge is 0.343 e. The van der Waals surface area contributed by atoms with Crippen LogP contribution in [-0.4, -0.2) is 47.5 Å². The van der Waals surface area contributed by atoms with Crippen molar-refractivity contribution < 1.29 is 24.7 Å².